The van der Waals surface area contributed by atoms with Gasteiger partial charge in [0, 0.05) is 17.6 Å². The molecule has 0 bridgehead atoms. The van der Waals surface area contributed by atoms with Crippen molar-refractivity contribution >= 4 is 23.7 Å². The standard InChI is InChI=1S/C22H23ClN2O.CH4N2O/c1-15-11-18(17-7-9-19(23)10-8-17)13-20(12-15)26-14-21-16(2)5-4-6-22(21)25(3)24;2-3-1-4/h4-13H,14,24H2,1-3H3;1H,2H2,(H,3,4). The molecular formula is C23H27ClN4O2. The van der Waals surface area contributed by atoms with Gasteiger partial charge in [0.2, 0.25) is 6.41 Å². The molecule has 3 aromatic carbocycles. The summed E-state index contributed by atoms with van der Waals surface area (Å²) in [4.78, 5) is 8.94. The molecular weight excluding hydrogens is 400 g/mol. The Morgan fingerprint density at radius 2 is 1.73 bits per heavy atom. The van der Waals surface area contributed by atoms with E-state index in [2.05, 4.69) is 37.9 Å². The average Bonchev–Trinajstić information content (AvgIpc) is 2.73. The minimum absolute atomic E-state index is 0.403. The number of aryl methyl sites for hydroxylation is 2. The van der Waals surface area contributed by atoms with Crippen molar-refractivity contribution in [1.29, 1.82) is 0 Å². The van der Waals surface area contributed by atoms with Gasteiger partial charge in [0.1, 0.15) is 12.4 Å². The Labute approximate surface area is 182 Å². The molecule has 0 atom stereocenters. The SMILES string of the molecule is Cc1cc(OCc2c(C)cccc2N(C)N)cc(-c2ccc(Cl)cc2)c1.NNC=O. The van der Waals surface area contributed by atoms with Crippen molar-refractivity contribution in [2.45, 2.75) is 20.5 Å². The van der Waals surface area contributed by atoms with Crippen LogP contribution in [0.25, 0.3) is 11.1 Å². The molecule has 0 aliphatic rings. The minimum atomic E-state index is 0.403. The van der Waals surface area contributed by atoms with Crippen molar-refractivity contribution in [3.05, 3.63) is 82.4 Å². The third kappa shape index (κ3) is 6.49. The Morgan fingerprint density at radius 3 is 2.33 bits per heavy atom. The van der Waals surface area contributed by atoms with E-state index in [1.807, 2.05) is 49.5 Å². The molecule has 0 radical (unpaired) electrons. The van der Waals surface area contributed by atoms with E-state index >= 15 is 0 Å². The van der Waals surface area contributed by atoms with Crippen LogP contribution in [0.5, 0.6) is 5.75 Å². The number of nitrogens with two attached hydrogens (primary N) is 2. The van der Waals surface area contributed by atoms with Gasteiger partial charge in [-0.25, -0.2) is 11.7 Å². The van der Waals surface area contributed by atoms with Gasteiger partial charge in [0.15, 0.2) is 0 Å². The zero-order valence-electron chi connectivity index (χ0n) is 17.4. The fourth-order valence-corrected chi connectivity index (χ4v) is 3.13. The first-order chi connectivity index (χ1) is 14.3. The van der Waals surface area contributed by atoms with Crippen LogP contribution in [0, 0.1) is 13.8 Å². The lowest BCUT2D eigenvalue weighted by Crippen LogP contribution is -2.26. The van der Waals surface area contributed by atoms with Gasteiger partial charge in [-0.3, -0.25) is 10.2 Å². The van der Waals surface area contributed by atoms with E-state index in [1.54, 1.807) is 10.4 Å². The maximum absolute atomic E-state index is 8.94. The minimum Gasteiger partial charge on any atom is -0.489 e. The van der Waals surface area contributed by atoms with Gasteiger partial charge in [-0.15, -0.1) is 0 Å². The van der Waals surface area contributed by atoms with E-state index in [-0.39, 0.29) is 0 Å². The molecule has 1 amide bonds. The number of hydrazine groups is 2. The van der Waals surface area contributed by atoms with Gasteiger partial charge < -0.3 is 9.75 Å². The predicted molar refractivity (Wildman–Crippen MR) is 123 cm³/mol. The third-order valence-corrected chi connectivity index (χ3v) is 4.70. The number of rotatable bonds is 6. The molecule has 3 rings (SSSR count). The van der Waals surface area contributed by atoms with Gasteiger partial charge in [-0.1, -0.05) is 41.9 Å². The summed E-state index contributed by atoms with van der Waals surface area (Å²) in [6.07, 6.45) is 0.403. The second-order valence-electron chi connectivity index (χ2n) is 6.80. The quantitative estimate of drug-likeness (QED) is 0.238. The van der Waals surface area contributed by atoms with Crippen LogP contribution in [-0.4, -0.2) is 13.5 Å². The molecule has 0 spiro atoms. The summed E-state index contributed by atoms with van der Waals surface area (Å²) in [5.74, 6) is 11.2. The Balaban J connectivity index is 0.000000735. The van der Waals surface area contributed by atoms with Crippen molar-refractivity contribution in [3.63, 3.8) is 0 Å². The van der Waals surface area contributed by atoms with Gasteiger partial charge in [-0.05, 0) is 66.4 Å². The first-order valence-electron chi connectivity index (χ1n) is 9.32. The molecule has 0 heterocycles. The summed E-state index contributed by atoms with van der Waals surface area (Å²) in [5, 5.41) is 2.36. The molecule has 3 aromatic rings. The number of amides is 1. The number of hydrogen-bond donors (Lipinski definition) is 3. The second kappa shape index (κ2) is 11.2. The highest BCUT2D eigenvalue weighted by Crippen LogP contribution is 2.29. The van der Waals surface area contributed by atoms with E-state index in [1.165, 1.54) is 0 Å². The molecule has 30 heavy (non-hydrogen) atoms. The fraction of sp³-hybridized carbons (Fsp3) is 0.174. The van der Waals surface area contributed by atoms with Crippen LogP contribution in [0.1, 0.15) is 16.7 Å². The van der Waals surface area contributed by atoms with Crippen molar-refractivity contribution in [3.8, 4) is 16.9 Å². The molecule has 7 heteroatoms. The van der Waals surface area contributed by atoms with Crippen LogP contribution in [0.3, 0.4) is 0 Å². The van der Waals surface area contributed by atoms with Gasteiger partial charge >= 0.3 is 0 Å². The van der Waals surface area contributed by atoms with E-state index in [9.17, 15) is 0 Å². The topological polar surface area (TPSA) is 93.6 Å². The molecule has 158 valence electrons. The first-order valence-corrected chi connectivity index (χ1v) is 9.70. The normalized spacial score (nSPS) is 9.93. The highest BCUT2D eigenvalue weighted by Gasteiger charge is 2.10. The van der Waals surface area contributed by atoms with E-state index in [4.69, 9.17) is 27.0 Å². The maximum Gasteiger partial charge on any atom is 0.221 e. The molecule has 0 aromatic heterocycles. The summed E-state index contributed by atoms with van der Waals surface area (Å²) in [7, 11) is 1.84. The maximum atomic E-state index is 8.94. The average molecular weight is 427 g/mol. The summed E-state index contributed by atoms with van der Waals surface area (Å²) >= 11 is 6.00. The number of carbonyl (C=O) groups excluding carboxylic acids is 1. The number of nitrogens with zero attached hydrogens (tertiary/aromatic N) is 1. The molecule has 5 N–H and O–H groups in total. The van der Waals surface area contributed by atoms with Crippen LogP contribution in [0.2, 0.25) is 5.02 Å². The number of carbonyl (C=O) groups is 1. The van der Waals surface area contributed by atoms with Crippen LogP contribution in [0.15, 0.2) is 60.7 Å². The van der Waals surface area contributed by atoms with Crippen molar-refractivity contribution in [2.75, 3.05) is 12.1 Å². The lowest BCUT2D eigenvalue weighted by atomic mass is 10.0. The van der Waals surface area contributed by atoms with E-state index in [0.29, 0.717) is 13.0 Å². The molecule has 0 saturated heterocycles. The monoisotopic (exact) mass is 426 g/mol. The molecule has 0 unspecified atom stereocenters. The summed E-state index contributed by atoms with van der Waals surface area (Å²) < 4.78 is 6.12. The molecule has 6 nitrogen and oxygen atoms in total. The number of hydrogen-bond acceptors (Lipinski definition) is 5. The summed E-state index contributed by atoms with van der Waals surface area (Å²) in [6, 6.07) is 20.2. The Bertz CT molecular complexity index is 975. The van der Waals surface area contributed by atoms with E-state index < -0.39 is 0 Å². The van der Waals surface area contributed by atoms with Crippen LogP contribution in [0.4, 0.5) is 5.69 Å². The smallest absolute Gasteiger partial charge is 0.221 e. The molecule has 0 fully saturated rings. The van der Waals surface area contributed by atoms with Crippen molar-refractivity contribution in [2.24, 2.45) is 11.7 Å². The first kappa shape index (κ1) is 23.2. The van der Waals surface area contributed by atoms with Crippen LogP contribution >= 0.6 is 11.6 Å². The fourth-order valence-electron chi connectivity index (χ4n) is 3.00. The number of nitrogens with one attached hydrogen (secondary N) is 1. The number of anilines is 1. The highest BCUT2D eigenvalue weighted by molar-refractivity contribution is 6.30. The Morgan fingerprint density at radius 1 is 1.07 bits per heavy atom. The Kier molecular flexibility index (Phi) is 8.68. The molecule has 0 saturated carbocycles. The Hall–Kier alpha value is -3.06. The summed E-state index contributed by atoms with van der Waals surface area (Å²) in [5.41, 5.74) is 8.33. The zero-order chi connectivity index (χ0) is 22.1. The predicted octanol–water partition coefficient (Wildman–Crippen LogP) is 4.12. The molecule has 0 aliphatic heterocycles. The van der Waals surface area contributed by atoms with Gasteiger partial charge in [0.05, 0.1) is 5.69 Å². The van der Waals surface area contributed by atoms with Gasteiger partial charge in [0.25, 0.3) is 0 Å². The third-order valence-electron chi connectivity index (χ3n) is 4.45. The lowest BCUT2D eigenvalue weighted by Gasteiger charge is -2.19. The van der Waals surface area contributed by atoms with Crippen molar-refractivity contribution in [1.82, 2.24) is 5.43 Å². The van der Waals surface area contributed by atoms with E-state index in [0.717, 1.165) is 44.3 Å². The van der Waals surface area contributed by atoms with Crippen molar-refractivity contribution < 1.29 is 9.53 Å². The number of ether oxygens (including phenoxy) is 1. The molecule has 0 aliphatic carbocycles. The van der Waals surface area contributed by atoms with Gasteiger partial charge in [-0.2, -0.15) is 0 Å². The van der Waals surface area contributed by atoms with Crippen LogP contribution < -0.4 is 26.9 Å². The number of benzene rings is 3. The number of halogens is 1. The van der Waals surface area contributed by atoms with Crippen LogP contribution in [-0.2, 0) is 11.4 Å². The zero-order valence-corrected chi connectivity index (χ0v) is 18.1. The lowest BCUT2D eigenvalue weighted by molar-refractivity contribution is -0.109. The largest absolute Gasteiger partial charge is 0.489 e. The second-order valence-corrected chi connectivity index (χ2v) is 7.23. The highest BCUT2D eigenvalue weighted by atomic mass is 35.5. The summed E-state index contributed by atoms with van der Waals surface area (Å²) in [6.45, 7) is 4.60.